The fourth-order valence-electron chi connectivity index (χ4n) is 2.54. The van der Waals surface area contributed by atoms with Crippen LogP contribution in [0.4, 0.5) is 11.4 Å². The van der Waals surface area contributed by atoms with Gasteiger partial charge in [-0.15, -0.1) is 0 Å². The van der Waals surface area contributed by atoms with E-state index in [1.165, 1.54) is 21.8 Å². The van der Waals surface area contributed by atoms with Crippen LogP contribution in [-0.2, 0) is 20.6 Å². The second-order valence-corrected chi connectivity index (χ2v) is 5.74. The van der Waals surface area contributed by atoms with Crippen molar-refractivity contribution in [2.75, 3.05) is 10.6 Å². The molecule has 0 unspecified atom stereocenters. The average Bonchev–Trinajstić information content (AvgIpc) is 3.30. The lowest BCUT2D eigenvalue weighted by Crippen LogP contribution is -2.22. The van der Waals surface area contributed by atoms with Crippen molar-refractivity contribution >= 4 is 23.2 Å². The molecular formula is C16H20N8O2. The maximum atomic E-state index is 12.8. The number of hydrogen-bond acceptors (Lipinski definition) is 5. The average molecular weight is 356 g/mol. The van der Waals surface area contributed by atoms with Gasteiger partial charge in [0.1, 0.15) is 11.4 Å². The lowest BCUT2D eigenvalue weighted by molar-refractivity contribution is 0.101. The Balaban J connectivity index is 1.88. The van der Waals surface area contributed by atoms with Gasteiger partial charge in [-0.05, 0) is 19.9 Å². The molecule has 0 aliphatic rings. The molecule has 3 aromatic heterocycles. The van der Waals surface area contributed by atoms with Crippen LogP contribution in [0.2, 0.25) is 0 Å². The summed E-state index contributed by atoms with van der Waals surface area (Å²) < 4.78 is 4.65. The zero-order valence-corrected chi connectivity index (χ0v) is 15.0. The number of nitrogens with zero attached hydrogens (tertiary/aromatic N) is 6. The van der Waals surface area contributed by atoms with E-state index in [-0.39, 0.29) is 17.5 Å². The minimum atomic E-state index is -0.374. The Kier molecular flexibility index (Phi) is 4.57. The summed E-state index contributed by atoms with van der Waals surface area (Å²) >= 11 is 0. The van der Waals surface area contributed by atoms with Crippen LogP contribution in [0.15, 0.2) is 24.7 Å². The van der Waals surface area contributed by atoms with Crippen LogP contribution in [0, 0.1) is 6.92 Å². The predicted octanol–water partition coefficient (Wildman–Crippen LogP) is 1.18. The van der Waals surface area contributed by atoms with Crippen LogP contribution in [0.3, 0.4) is 0 Å². The molecule has 0 aromatic carbocycles. The van der Waals surface area contributed by atoms with E-state index in [4.69, 9.17) is 0 Å². The summed E-state index contributed by atoms with van der Waals surface area (Å²) in [6, 6.07) is 1.60. The van der Waals surface area contributed by atoms with Crippen molar-refractivity contribution < 1.29 is 9.59 Å². The smallest absolute Gasteiger partial charge is 0.276 e. The van der Waals surface area contributed by atoms with Gasteiger partial charge in [0.05, 0.1) is 29.5 Å². The van der Waals surface area contributed by atoms with E-state index in [9.17, 15) is 9.59 Å². The molecule has 0 spiro atoms. The first-order valence-corrected chi connectivity index (χ1v) is 8.07. The first-order valence-electron chi connectivity index (χ1n) is 8.07. The second-order valence-electron chi connectivity index (χ2n) is 5.74. The van der Waals surface area contributed by atoms with Gasteiger partial charge in [-0.3, -0.25) is 23.6 Å². The summed E-state index contributed by atoms with van der Waals surface area (Å²) in [6.45, 7) is 4.20. The number of rotatable bonds is 5. The Labute approximate surface area is 149 Å². The summed E-state index contributed by atoms with van der Waals surface area (Å²) in [5, 5.41) is 17.8. The highest BCUT2D eigenvalue weighted by Gasteiger charge is 2.22. The number of carbonyl (C=O) groups excluding carboxylic acids is 2. The molecule has 0 fully saturated rings. The molecule has 2 N–H and O–H groups in total. The van der Waals surface area contributed by atoms with Crippen LogP contribution < -0.4 is 10.6 Å². The molecule has 0 atom stereocenters. The number of hydrogen-bond donors (Lipinski definition) is 2. The van der Waals surface area contributed by atoms with E-state index < -0.39 is 0 Å². The first-order chi connectivity index (χ1) is 12.4. The van der Waals surface area contributed by atoms with E-state index in [0.717, 1.165) is 5.69 Å². The van der Waals surface area contributed by atoms with Crippen LogP contribution in [0.1, 0.15) is 33.6 Å². The molecule has 0 bridgehead atoms. The number of nitrogens with one attached hydrogen (secondary N) is 2. The van der Waals surface area contributed by atoms with Gasteiger partial charge in [0.25, 0.3) is 11.8 Å². The van der Waals surface area contributed by atoms with Crippen molar-refractivity contribution in [1.82, 2.24) is 29.3 Å². The van der Waals surface area contributed by atoms with Gasteiger partial charge in [0.2, 0.25) is 0 Å². The van der Waals surface area contributed by atoms with Crippen LogP contribution in [0.25, 0.3) is 0 Å². The Morgan fingerprint density at radius 1 is 1.00 bits per heavy atom. The maximum Gasteiger partial charge on any atom is 0.276 e. The standard InChI is InChI=1S/C16H20N8O2/c1-5-24-14(16(26)20-11-8-18-22(3)10(11)2)12(9-19-24)21-15(25)13-6-7-17-23(13)4/h6-9H,5H2,1-4H3,(H,20,26)(H,21,25). The minimum absolute atomic E-state index is 0.270. The molecule has 10 heteroatoms. The molecule has 3 aromatic rings. The molecule has 0 aliphatic heterocycles. The van der Waals surface area contributed by atoms with Crippen LogP contribution in [-0.4, -0.2) is 41.2 Å². The third-order valence-corrected chi connectivity index (χ3v) is 4.14. The first kappa shape index (κ1) is 17.4. The molecular weight excluding hydrogens is 336 g/mol. The summed E-state index contributed by atoms with van der Waals surface area (Å²) in [7, 11) is 3.46. The summed E-state index contributed by atoms with van der Waals surface area (Å²) in [6.07, 6.45) is 4.57. The lowest BCUT2D eigenvalue weighted by atomic mass is 10.3. The predicted molar refractivity (Wildman–Crippen MR) is 95.0 cm³/mol. The molecule has 0 saturated heterocycles. The molecule has 2 amide bonds. The molecule has 26 heavy (non-hydrogen) atoms. The third-order valence-electron chi connectivity index (χ3n) is 4.14. The van der Waals surface area contributed by atoms with E-state index in [1.54, 1.807) is 31.0 Å². The Morgan fingerprint density at radius 2 is 1.69 bits per heavy atom. The highest BCUT2D eigenvalue weighted by molar-refractivity contribution is 6.11. The van der Waals surface area contributed by atoms with Crippen molar-refractivity contribution in [2.45, 2.75) is 20.4 Å². The minimum Gasteiger partial charge on any atom is -0.318 e. The van der Waals surface area contributed by atoms with Gasteiger partial charge in [-0.25, -0.2) is 0 Å². The fourth-order valence-corrected chi connectivity index (χ4v) is 2.54. The summed E-state index contributed by atoms with van der Waals surface area (Å²) in [4.78, 5) is 25.2. The van der Waals surface area contributed by atoms with E-state index in [1.807, 2.05) is 13.8 Å². The Bertz CT molecular complexity index is 965. The van der Waals surface area contributed by atoms with Crippen molar-refractivity contribution in [3.63, 3.8) is 0 Å². The summed E-state index contributed by atoms with van der Waals surface area (Å²) in [5.74, 6) is -0.743. The normalized spacial score (nSPS) is 10.8. The van der Waals surface area contributed by atoms with Crippen molar-refractivity contribution in [3.05, 3.63) is 41.7 Å². The lowest BCUT2D eigenvalue weighted by Gasteiger charge is -2.10. The van der Waals surface area contributed by atoms with Crippen molar-refractivity contribution in [1.29, 1.82) is 0 Å². The Morgan fingerprint density at radius 3 is 2.27 bits per heavy atom. The number of amides is 2. The van der Waals surface area contributed by atoms with Gasteiger partial charge in [0, 0.05) is 26.8 Å². The Hall–Kier alpha value is -3.43. The zero-order valence-electron chi connectivity index (χ0n) is 15.0. The van der Waals surface area contributed by atoms with Gasteiger partial charge in [-0.2, -0.15) is 15.3 Å². The van der Waals surface area contributed by atoms with Gasteiger partial charge in [-0.1, -0.05) is 0 Å². The highest BCUT2D eigenvalue weighted by atomic mass is 16.2. The van der Waals surface area contributed by atoms with E-state index in [0.29, 0.717) is 23.6 Å². The number of aryl methyl sites for hydroxylation is 3. The van der Waals surface area contributed by atoms with Crippen LogP contribution >= 0.6 is 0 Å². The molecule has 0 radical (unpaired) electrons. The zero-order chi connectivity index (χ0) is 18.8. The largest absolute Gasteiger partial charge is 0.318 e. The van der Waals surface area contributed by atoms with Gasteiger partial charge >= 0.3 is 0 Å². The quantitative estimate of drug-likeness (QED) is 0.713. The maximum absolute atomic E-state index is 12.8. The third kappa shape index (κ3) is 3.08. The number of aromatic nitrogens is 6. The molecule has 10 nitrogen and oxygen atoms in total. The van der Waals surface area contributed by atoms with Crippen molar-refractivity contribution in [3.8, 4) is 0 Å². The number of anilines is 2. The van der Waals surface area contributed by atoms with Gasteiger partial charge in [0.15, 0.2) is 0 Å². The SMILES string of the molecule is CCn1ncc(NC(=O)c2ccnn2C)c1C(=O)Nc1cnn(C)c1C. The van der Waals surface area contributed by atoms with E-state index >= 15 is 0 Å². The second kappa shape index (κ2) is 6.82. The van der Waals surface area contributed by atoms with Crippen molar-refractivity contribution in [2.24, 2.45) is 14.1 Å². The number of carbonyl (C=O) groups is 2. The topological polar surface area (TPSA) is 112 Å². The highest BCUT2D eigenvalue weighted by Crippen LogP contribution is 2.20. The molecule has 3 heterocycles. The monoisotopic (exact) mass is 356 g/mol. The molecule has 0 saturated carbocycles. The van der Waals surface area contributed by atoms with Crippen LogP contribution in [0.5, 0.6) is 0 Å². The summed E-state index contributed by atoms with van der Waals surface area (Å²) in [5.41, 5.74) is 2.40. The molecule has 136 valence electrons. The molecule has 3 rings (SSSR count). The fraction of sp³-hybridized carbons (Fsp3) is 0.312. The molecule has 0 aliphatic carbocycles. The van der Waals surface area contributed by atoms with E-state index in [2.05, 4.69) is 25.9 Å². The van der Waals surface area contributed by atoms with Gasteiger partial charge < -0.3 is 10.6 Å².